The lowest BCUT2D eigenvalue weighted by Gasteiger charge is -2.24. The van der Waals surface area contributed by atoms with Crippen molar-refractivity contribution in [1.82, 2.24) is 0 Å². The van der Waals surface area contributed by atoms with Crippen molar-refractivity contribution >= 4 is 19.8 Å². The van der Waals surface area contributed by atoms with Crippen molar-refractivity contribution in [2.24, 2.45) is 0 Å². The number of carbonyl (C=O) groups excluding carboxylic acids is 2. The van der Waals surface area contributed by atoms with Gasteiger partial charge in [-0.1, -0.05) is 283 Å². The summed E-state index contributed by atoms with van der Waals surface area (Å²) in [6, 6.07) is 0. The molecule has 84 heavy (non-hydrogen) atoms. The number of quaternary nitrogens is 1. The number of esters is 2. The summed E-state index contributed by atoms with van der Waals surface area (Å²) in [5.74, 6) is -0.848. The van der Waals surface area contributed by atoms with Gasteiger partial charge in [0.15, 0.2) is 6.10 Å². The Bertz CT molecular complexity index is 1830. The molecule has 0 saturated carbocycles. The summed E-state index contributed by atoms with van der Waals surface area (Å²) >= 11 is 0. The Balaban J connectivity index is 4.12. The highest BCUT2D eigenvalue weighted by Crippen LogP contribution is 2.43. The summed E-state index contributed by atoms with van der Waals surface area (Å²) in [5.41, 5.74) is 0. The van der Waals surface area contributed by atoms with Crippen LogP contribution in [-0.4, -0.2) is 74.9 Å². The van der Waals surface area contributed by atoms with Crippen molar-refractivity contribution in [1.29, 1.82) is 0 Å². The fourth-order valence-electron chi connectivity index (χ4n) is 9.24. The Morgan fingerprint density at radius 3 is 1.04 bits per heavy atom. The lowest BCUT2D eigenvalue weighted by Crippen LogP contribution is -2.37. The largest absolute Gasteiger partial charge is 0.472 e. The number of allylic oxidation sites excluding steroid dienone is 20. The molecule has 2 unspecified atom stereocenters. The number of hydrogen-bond acceptors (Lipinski definition) is 7. The number of carbonyl (C=O) groups is 2. The van der Waals surface area contributed by atoms with Gasteiger partial charge in [-0.2, -0.15) is 0 Å². The van der Waals surface area contributed by atoms with Gasteiger partial charge in [0.1, 0.15) is 19.8 Å². The number of hydrogen-bond donors (Lipinski definition) is 1. The van der Waals surface area contributed by atoms with Crippen LogP contribution in [-0.2, 0) is 32.7 Å². The number of nitrogens with zero attached hydrogens (tertiary/aromatic N) is 1. The lowest BCUT2D eigenvalue weighted by molar-refractivity contribution is -0.870. The lowest BCUT2D eigenvalue weighted by atomic mass is 10.0. The van der Waals surface area contributed by atoms with Crippen LogP contribution in [0, 0.1) is 0 Å². The second-order valence-corrected chi connectivity index (χ2v) is 25.3. The van der Waals surface area contributed by atoms with Crippen LogP contribution in [0.4, 0.5) is 0 Å². The van der Waals surface area contributed by atoms with Gasteiger partial charge in [-0.25, -0.2) is 4.57 Å². The highest BCUT2D eigenvalue weighted by atomic mass is 31.2. The third kappa shape index (κ3) is 67.5. The molecule has 0 aromatic heterocycles. The molecule has 0 bridgehead atoms. The van der Waals surface area contributed by atoms with Crippen molar-refractivity contribution in [3.8, 4) is 0 Å². The molecule has 10 heteroatoms. The van der Waals surface area contributed by atoms with Gasteiger partial charge in [0.25, 0.3) is 0 Å². The van der Waals surface area contributed by atoms with Crippen LogP contribution in [0.1, 0.15) is 284 Å². The maximum absolute atomic E-state index is 12.8. The van der Waals surface area contributed by atoms with Gasteiger partial charge in [0.2, 0.25) is 0 Å². The molecule has 0 saturated heterocycles. The molecular weight excluding hydrogens is 1060 g/mol. The zero-order chi connectivity index (χ0) is 61.2. The summed E-state index contributed by atoms with van der Waals surface area (Å²) in [7, 11) is 1.44. The van der Waals surface area contributed by atoms with E-state index in [1.54, 1.807) is 0 Å². The Kier molecular flexibility index (Phi) is 61.2. The Labute approximate surface area is 518 Å². The topological polar surface area (TPSA) is 108 Å². The fourth-order valence-corrected chi connectivity index (χ4v) is 9.98. The number of phosphoric ester groups is 1. The Morgan fingerprint density at radius 2 is 0.679 bits per heavy atom. The fraction of sp³-hybridized carbons (Fsp3) is 0.703. The molecular formula is C74H129NO8P+. The molecule has 0 amide bonds. The number of unbranched alkanes of at least 4 members (excludes halogenated alkanes) is 28. The highest BCUT2D eigenvalue weighted by molar-refractivity contribution is 7.47. The van der Waals surface area contributed by atoms with E-state index in [-0.39, 0.29) is 32.0 Å². The van der Waals surface area contributed by atoms with Gasteiger partial charge >= 0.3 is 19.8 Å². The first-order chi connectivity index (χ1) is 41.0. The average molecular weight is 1190 g/mol. The first-order valence-electron chi connectivity index (χ1n) is 34.3. The Morgan fingerprint density at radius 1 is 0.381 bits per heavy atom. The number of phosphoric acid groups is 1. The zero-order valence-corrected chi connectivity index (χ0v) is 55.7. The van der Waals surface area contributed by atoms with Crippen LogP contribution in [0.15, 0.2) is 122 Å². The first kappa shape index (κ1) is 80.4. The Hall–Kier alpha value is -3.59. The van der Waals surface area contributed by atoms with E-state index in [9.17, 15) is 19.0 Å². The summed E-state index contributed by atoms with van der Waals surface area (Å²) in [4.78, 5) is 35.8. The summed E-state index contributed by atoms with van der Waals surface area (Å²) in [5, 5.41) is 0. The van der Waals surface area contributed by atoms with E-state index < -0.39 is 26.5 Å². The van der Waals surface area contributed by atoms with Gasteiger partial charge in [-0.3, -0.25) is 18.6 Å². The molecule has 0 spiro atoms. The SMILES string of the molecule is CC/C=C\C/C=C\C/C=C\C/C=C\C/C=C\C/C=C\C/C=C\C/C=C\CCCCC(=O)OC(COC(=O)CCCCCCCCCCCCCCCCCCCCCCC/C=C\C/C=C\CCCCCCC)COP(=O)(O)OCC[N+](C)(C)C. The summed E-state index contributed by atoms with van der Waals surface area (Å²) in [6.45, 7) is 4.27. The van der Waals surface area contributed by atoms with Gasteiger partial charge in [-0.05, 0) is 109 Å². The molecule has 0 rings (SSSR count). The predicted molar refractivity (Wildman–Crippen MR) is 362 cm³/mol. The van der Waals surface area contributed by atoms with E-state index in [2.05, 4.69) is 135 Å². The van der Waals surface area contributed by atoms with Crippen LogP contribution in [0.5, 0.6) is 0 Å². The van der Waals surface area contributed by atoms with Crippen molar-refractivity contribution in [2.75, 3.05) is 47.5 Å². The zero-order valence-electron chi connectivity index (χ0n) is 54.9. The standard InChI is InChI=1S/C74H128NO8P/c1-6-8-10-12-14-16-18-20-22-24-26-28-30-32-34-35-36-37-38-39-41-42-44-46-48-50-52-54-56-58-60-62-64-66-73(76)80-70-72(71-82-84(78,79)81-69-68-75(3,4)5)83-74(77)67-65-63-61-59-57-55-53-51-49-47-45-43-40-33-31-29-27-25-23-21-19-17-15-13-11-9-7-2/h9,11,15,17-18,20-21,23-24,26-27,29,33,40,45,47,51,53,57,59,72H,6-8,10,12-14,16,19,22,25,28,30-32,34-39,41-44,46,48-50,52,54-56,58,60-71H2,1-5H3/p+1/b11-9-,17-15-,20-18-,23-21-,26-24-,29-27-,40-33-,47-45-,53-51-,59-57-. The van der Waals surface area contributed by atoms with Gasteiger partial charge in [-0.15, -0.1) is 0 Å². The van der Waals surface area contributed by atoms with E-state index in [1.165, 1.54) is 161 Å². The molecule has 0 heterocycles. The first-order valence-corrected chi connectivity index (χ1v) is 35.8. The molecule has 482 valence electrons. The van der Waals surface area contributed by atoms with E-state index in [0.29, 0.717) is 17.4 Å². The van der Waals surface area contributed by atoms with Gasteiger partial charge in [0.05, 0.1) is 27.7 Å². The molecule has 2 atom stereocenters. The third-order valence-electron chi connectivity index (χ3n) is 14.5. The summed E-state index contributed by atoms with van der Waals surface area (Å²) in [6.07, 6.45) is 91.7. The van der Waals surface area contributed by atoms with Crippen molar-refractivity contribution in [3.05, 3.63) is 122 Å². The molecule has 0 aliphatic rings. The molecule has 0 aliphatic heterocycles. The number of ether oxygens (including phenoxy) is 2. The van der Waals surface area contributed by atoms with Gasteiger partial charge in [0, 0.05) is 12.8 Å². The van der Waals surface area contributed by atoms with Crippen LogP contribution in [0.3, 0.4) is 0 Å². The number of rotatable bonds is 62. The van der Waals surface area contributed by atoms with E-state index in [4.69, 9.17) is 18.5 Å². The molecule has 0 fully saturated rings. The minimum absolute atomic E-state index is 0.0177. The minimum atomic E-state index is -4.41. The second kappa shape index (κ2) is 63.9. The monoisotopic (exact) mass is 1190 g/mol. The van der Waals surface area contributed by atoms with Crippen LogP contribution >= 0.6 is 7.82 Å². The second-order valence-electron chi connectivity index (χ2n) is 23.8. The predicted octanol–water partition coefficient (Wildman–Crippen LogP) is 22.3. The van der Waals surface area contributed by atoms with E-state index >= 15 is 0 Å². The highest BCUT2D eigenvalue weighted by Gasteiger charge is 2.27. The molecule has 1 N–H and O–H groups in total. The summed E-state index contributed by atoms with van der Waals surface area (Å²) < 4.78 is 34.6. The van der Waals surface area contributed by atoms with Crippen molar-refractivity contribution in [2.45, 2.75) is 290 Å². The maximum atomic E-state index is 12.8. The molecule has 0 aromatic carbocycles. The quantitative estimate of drug-likeness (QED) is 0.0211. The van der Waals surface area contributed by atoms with Crippen molar-refractivity contribution < 1.29 is 42.1 Å². The molecule has 0 aromatic rings. The van der Waals surface area contributed by atoms with Crippen molar-refractivity contribution in [3.63, 3.8) is 0 Å². The number of likely N-dealkylation sites (N-methyl/N-ethyl adjacent to an activating group) is 1. The van der Waals surface area contributed by atoms with Crippen LogP contribution in [0.25, 0.3) is 0 Å². The minimum Gasteiger partial charge on any atom is -0.462 e. The molecule has 9 nitrogen and oxygen atoms in total. The van der Waals surface area contributed by atoms with Crippen LogP contribution in [0.2, 0.25) is 0 Å². The average Bonchev–Trinajstić information content (AvgIpc) is 3.61. The smallest absolute Gasteiger partial charge is 0.462 e. The normalized spacial score (nSPS) is 13.9. The third-order valence-corrected chi connectivity index (χ3v) is 15.5. The maximum Gasteiger partial charge on any atom is 0.472 e. The van der Waals surface area contributed by atoms with E-state index in [0.717, 1.165) is 89.9 Å². The van der Waals surface area contributed by atoms with Crippen LogP contribution < -0.4 is 0 Å². The van der Waals surface area contributed by atoms with Gasteiger partial charge < -0.3 is 18.9 Å². The molecule has 0 aliphatic carbocycles. The van der Waals surface area contributed by atoms with E-state index in [1.807, 2.05) is 21.1 Å². The molecule has 0 radical (unpaired) electrons.